The molecular formula is C16H17N5. The van der Waals surface area contributed by atoms with Crippen LogP contribution in [-0.4, -0.2) is 40.8 Å². The Morgan fingerprint density at radius 2 is 1.86 bits per heavy atom. The Balaban J connectivity index is 1.71. The fourth-order valence-corrected chi connectivity index (χ4v) is 2.70. The van der Waals surface area contributed by atoms with Gasteiger partial charge in [0.15, 0.2) is 0 Å². The summed E-state index contributed by atoms with van der Waals surface area (Å²) in [6.45, 7) is 4.03. The number of nitrogens with one attached hydrogen (secondary N) is 1. The molecule has 4 rings (SSSR count). The Morgan fingerprint density at radius 3 is 2.71 bits per heavy atom. The van der Waals surface area contributed by atoms with E-state index in [1.165, 1.54) is 0 Å². The molecule has 106 valence electrons. The summed E-state index contributed by atoms with van der Waals surface area (Å²) in [5, 5.41) is 7.96. The van der Waals surface area contributed by atoms with Gasteiger partial charge in [-0.2, -0.15) is 5.10 Å². The highest BCUT2D eigenvalue weighted by molar-refractivity contribution is 5.64. The summed E-state index contributed by atoms with van der Waals surface area (Å²) in [5.74, 6) is 1.03. The Kier molecular flexibility index (Phi) is 3.05. The highest BCUT2D eigenvalue weighted by atomic mass is 15.2. The van der Waals surface area contributed by atoms with Crippen LogP contribution in [0.4, 0.5) is 5.82 Å². The van der Waals surface area contributed by atoms with Crippen molar-refractivity contribution in [2.24, 2.45) is 0 Å². The maximum Gasteiger partial charge on any atom is 0.129 e. The van der Waals surface area contributed by atoms with Gasteiger partial charge in [-0.1, -0.05) is 12.1 Å². The molecule has 0 unspecified atom stereocenters. The van der Waals surface area contributed by atoms with E-state index in [1.54, 1.807) is 0 Å². The van der Waals surface area contributed by atoms with Crippen LogP contribution < -0.4 is 10.2 Å². The first-order valence-electron chi connectivity index (χ1n) is 7.28. The van der Waals surface area contributed by atoms with E-state index >= 15 is 0 Å². The summed E-state index contributed by atoms with van der Waals surface area (Å²) >= 11 is 0. The first-order valence-corrected chi connectivity index (χ1v) is 7.28. The molecule has 21 heavy (non-hydrogen) atoms. The topological polar surface area (TPSA) is 45.5 Å². The summed E-state index contributed by atoms with van der Waals surface area (Å²) in [4.78, 5) is 7.10. The SMILES string of the molecule is c1cc(-c2cc3ccccn3n2)nc(N2CCNCC2)c1. The van der Waals surface area contributed by atoms with Crippen molar-refractivity contribution in [3.05, 3.63) is 48.7 Å². The molecule has 0 bridgehead atoms. The summed E-state index contributed by atoms with van der Waals surface area (Å²) in [6.07, 6.45) is 1.96. The molecule has 3 aromatic rings. The Morgan fingerprint density at radius 1 is 0.952 bits per heavy atom. The monoisotopic (exact) mass is 279 g/mol. The number of pyridine rings is 2. The lowest BCUT2D eigenvalue weighted by Gasteiger charge is -2.28. The van der Waals surface area contributed by atoms with Crippen molar-refractivity contribution in [3.63, 3.8) is 0 Å². The Labute approximate surface area is 123 Å². The molecule has 5 nitrogen and oxygen atoms in total. The molecule has 0 aromatic carbocycles. The minimum atomic E-state index is 0.915. The van der Waals surface area contributed by atoms with Crippen LogP contribution in [0, 0.1) is 0 Å². The zero-order valence-electron chi connectivity index (χ0n) is 11.7. The zero-order chi connectivity index (χ0) is 14.1. The van der Waals surface area contributed by atoms with Gasteiger partial charge in [0.1, 0.15) is 11.5 Å². The molecule has 0 atom stereocenters. The molecule has 1 aliphatic rings. The van der Waals surface area contributed by atoms with Gasteiger partial charge in [-0.3, -0.25) is 0 Å². The Hall–Kier alpha value is -2.40. The largest absolute Gasteiger partial charge is 0.354 e. The Bertz CT molecular complexity index is 725. The van der Waals surface area contributed by atoms with Gasteiger partial charge >= 0.3 is 0 Å². The molecule has 5 heteroatoms. The number of anilines is 1. The molecule has 0 saturated carbocycles. The third kappa shape index (κ3) is 2.36. The molecule has 1 saturated heterocycles. The molecular weight excluding hydrogens is 262 g/mol. The number of rotatable bonds is 2. The van der Waals surface area contributed by atoms with E-state index in [2.05, 4.69) is 39.6 Å². The van der Waals surface area contributed by atoms with Crippen LogP contribution in [0.25, 0.3) is 16.9 Å². The predicted octanol–water partition coefficient (Wildman–Crippen LogP) is 1.81. The standard InChI is InChI=1S/C16H17N5/c1-2-9-21-13(4-1)12-15(19-21)14-5-3-6-16(18-14)20-10-7-17-8-11-20/h1-6,9,12,17H,7-8,10-11H2. The van der Waals surface area contributed by atoms with Crippen LogP contribution in [-0.2, 0) is 0 Å². The molecule has 0 aliphatic carbocycles. The lowest BCUT2D eigenvalue weighted by atomic mass is 10.2. The second kappa shape index (κ2) is 5.18. The van der Waals surface area contributed by atoms with Crippen molar-refractivity contribution >= 4 is 11.3 Å². The average molecular weight is 279 g/mol. The number of hydrogen-bond acceptors (Lipinski definition) is 4. The number of nitrogens with zero attached hydrogens (tertiary/aromatic N) is 4. The van der Waals surface area contributed by atoms with Crippen LogP contribution in [0.3, 0.4) is 0 Å². The van der Waals surface area contributed by atoms with Gasteiger partial charge < -0.3 is 10.2 Å². The van der Waals surface area contributed by atoms with Gasteiger partial charge in [0.25, 0.3) is 0 Å². The van der Waals surface area contributed by atoms with E-state index in [0.717, 1.165) is 48.9 Å². The van der Waals surface area contributed by atoms with Gasteiger partial charge in [0, 0.05) is 32.4 Å². The van der Waals surface area contributed by atoms with Crippen molar-refractivity contribution in [1.82, 2.24) is 19.9 Å². The van der Waals surface area contributed by atoms with Crippen molar-refractivity contribution in [1.29, 1.82) is 0 Å². The van der Waals surface area contributed by atoms with Crippen LogP contribution in [0.5, 0.6) is 0 Å². The molecule has 0 amide bonds. The zero-order valence-corrected chi connectivity index (χ0v) is 11.7. The molecule has 0 spiro atoms. The van der Waals surface area contributed by atoms with Gasteiger partial charge in [0.05, 0.1) is 11.2 Å². The van der Waals surface area contributed by atoms with E-state index in [4.69, 9.17) is 4.98 Å². The average Bonchev–Trinajstić information content (AvgIpc) is 3.00. The van der Waals surface area contributed by atoms with Crippen LogP contribution in [0.15, 0.2) is 48.7 Å². The van der Waals surface area contributed by atoms with E-state index in [0.29, 0.717) is 0 Å². The second-order valence-electron chi connectivity index (χ2n) is 5.22. The lowest BCUT2D eigenvalue weighted by Crippen LogP contribution is -2.43. The van der Waals surface area contributed by atoms with Crippen LogP contribution in [0.1, 0.15) is 0 Å². The van der Waals surface area contributed by atoms with E-state index < -0.39 is 0 Å². The van der Waals surface area contributed by atoms with Gasteiger partial charge in [-0.05, 0) is 30.3 Å². The lowest BCUT2D eigenvalue weighted by molar-refractivity contribution is 0.585. The first kappa shape index (κ1) is 12.3. The highest BCUT2D eigenvalue weighted by Gasteiger charge is 2.13. The van der Waals surface area contributed by atoms with E-state index in [-0.39, 0.29) is 0 Å². The number of fused-ring (bicyclic) bond motifs is 1. The first-order chi connectivity index (χ1) is 10.4. The van der Waals surface area contributed by atoms with Crippen molar-refractivity contribution < 1.29 is 0 Å². The molecule has 1 fully saturated rings. The fourth-order valence-electron chi connectivity index (χ4n) is 2.70. The van der Waals surface area contributed by atoms with Crippen molar-refractivity contribution in [3.8, 4) is 11.4 Å². The van der Waals surface area contributed by atoms with E-state index in [1.807, 2.05) is 28.9 Å². The third-order valence-corrected chi connectivity index (χ3v) is 3.81. The third-order valence-electron chi connectivity index (χ3n) is 3.81. The van der Waals surface area contributed by atoms with Crippen LogP contribution >= 0.6 is 0 Å². The molecule has 1 aliphatic heterocycles. The van der Waals surface area contributed by atoms with Gasteiger partial charge in [-0.15, -0.1) is 0 Å². The molecule has 0 radical (unpaired) electrons. The minimum Gasteiger partial charge on any atom is -0.354 e. The predicted molar refractivity (Wildman–Crippen MR) is 83.5 cm³/mol. The number of aromatic nitrogens is 3. The maximum absolute atomic E-state index is 4.78. The summed E-state index contributed by atoms with van der Waals surface area (Å²) < 4.78 is 1.88. The summed E-state index contributed by atoms with van der Waals surface area (Å²) in [7, 11) is 0. The minimum absolute atomic E-state index is 0.915. The van der Waals surface area contributed by atoms with Crippen molar-refractivity contribution in [2.45, 2.75) is 0 Å². The normalized spacial score (nSPS) is 15.5. The smallest absolute Gasteiger partial charge is 0.129 e. The van der Waals surface area contributed by atoms with Gasteiger partial charge in [-0.25, -0.2) is 9.50 Å². The van der Waals surface area contributed by atoms with E-state index in [9.17, 15) is 0 Å². The fraction of sp³-hybridized carbons (Fsp3) is 0.250. The summed E-state index contributed by atoms with van der Waals surface area (Å²) in [5.41, 5.74) is 2.93. The summed E-state index contributed by atoms with van der Waals surface area (Å²) in [6, 6.07) is 14.3. The van der Waals surface area contributed by atoms with Crippen molar-refractivity contribution in [2.75, 3.05) is 31.1 Å². The molecule has 1 N–H and O–H groups in total. The van der Waals surface area contributed by atoms with Gasteiger partial charge in [0.2, 0.25) is 0 Å². The quantitative estimate of drug-likeness (QED) is 0.777. The highest BCUT2D eigenvalue weighted by Crippen LogP contribution is 2.21. The molecule has 3 aromatic heterocycles. The number of piperazine rings is 1. The maximum atomic E-state index is 4.78. The number of hydrogen-bond donors (Lipinski definition) is 1. The van der Waals surface area contributed by atoms with Crippen LogP contribution in [0.2, 0.25) is 0 Å². The second-order valence-corrected chi connectivity index (χ2v) is 5.22. The molecule has 4 heterocycles.